The lowest BCUT2D eigenvalue weighted by atomic mass is 9.86. The van der Waals surface area contributed by atoms with Crippen LogP contribution in [0.15, 0.2) is 35.2 Å². The molecule has 3 aliphatic carbocycles. The normalized spacial score (nSPS) is 34.8. The van der Waals surface area contributed by atoms with E-state index in [0.717, 1.165) is 24.2 Å². The van der Waals surface area contributed by atoms with Crippen LogP contribution in [-0.2, 0) is 0 Å². The molecular formula is C17H25N. The molecule has 1 nitrogen and oxygen atoms in total. The first-order valence-electron chi connectivity index (χ1n) is 7.46. The van der Waals surface area contributed by atoms with Crippen LogP contribution >= 0.6 is 0 Å². The highest BCUT2D eigenvalue weighted by molar-refractivity contribution is 5.32. The summed E-state index contributed by atoms with van der Waals surface area (Å²) in [6.45, 7) is 8.79. The number of hydrogen-bond acceptors (Lipinski definition) is 1. The average Bonchev–Trinajstić information content (AvgIpc) is 2.96. The van der Waals surface area contributed by atoms with Crippen LogP contribution in [0.1, 0.15) is 52.4 Å². The maximum absolute atomic E-state index is 4.33. The Balaban J connectivity index is 1.64. The molecule has 0 saturated heterocycles. The lowest BCUT2D eigenvalue weighted by Gasteiger charge is -2.27. The number of fused-ring (bicyclic) bond motifs is 2. The first-order valence-corrected chi connectivity index (χ1v) is 7.46. The van der Waals surface area contributed by atoms with E-state index in [-0.39, 0.29) is 0 Å². The van der Waals surface area contributed by atoms with Crippen LogP contribution in [0.3, 0.4) is 0 Å². The van der Waals surface area contributed by atoms with Crippen molar-refractivity contribution in [3.8, 4) is 0 Å². The minimum atomic E-state index is 0.747. The van der Waals surface area contributed by atoms with Crippen molar-refractivity contribution < 1.29 is 0 Å². The molecule has 2 bridgehead atoms. The van der Waals surface area contributed by atoms with Crippen molar-refractivity contribution in [2.75, 3.05) is 0 Å². The van der Waals surface area contributed by atoms with Gasteiger partial charge in [0.25, 0.3) is 0 Å². The summed E-state index contributed by atoms with van der Waals surface area (Å²) >= 11 is 0. The zero-order valence-electron chi connectivity index (χ0n) is 11.8. The summed E-state index contributed by atoms with van der Waals surface area (Å²) in [6, 6.07) is 0. The van der Waals surface area contributed by atoms with Crippen LogP contribution in [0, 0.1) is 17.8 Å². The molecule has 0 heterocycles. The summed E-state index contributed by atoms with van der Waals surface area (Å²) in [6.07, 6.45) is 10.4. The Kier molecular flexibility index (Phi) is 3.09. The molecule has 98 valence electrons. The smallest absolute Gasteiger partial charge is 0.0154 e. The lowest BCUT2D eigenvalue weighted by Crippen LogP contribution is -2.24. The molecule has 2 saturated carbocycles. The Bertz CT molecular complexity index is 427. The van der Waals surface area contributed by atoms with Crippen LogP contribution in [0.2, 0.25) is 0 Å². The zero-order chi connectivity index (χ0) is 12.7. The molecule has 2 fully saturated rings. The summed E-state index contributed by atoms with van der Waals surface area (Å²) < 4.78 is 0. The maximum Gasteiger partial charge on any atom is 0.0154 e. The van der Waals surface area contributed by atoms with Crippen LogP contribution in [0.4, 0.5) is 0 Å². The molecule has 3 atom stereocenters. The van der Waals surface area contributed by atoms with E-state index in [1.807, 2.05) is 0 Å². The molecule has 0 amide bonds. The molecule has 0 radical (unpaired) electrons. The Morgan fingerprint density at radius 3 is 2.67 bits per heavy atom. The van der Waals surface area contributed by atoms with Crippen molar-refractivity contribution in [2.45, 2.75) is 52.4 Å². The average molecular weight is 243 g/mol. The summed E-state index contributed by atoms with van der Waals surface area (Å²) in [5, 5.41) is 3.63. The summed E-state index contributed by atoms with van der Waals surface area (Å²) in [5.74, 6) is 2.68. The van der Waals surface area contributed by atoms with Gasteiger partial charge in [0.15, 0.2) is 0 Å². The highest BCUT2D eigenvalue weighted by atomic mass is 14.9. The summed E-state index contributed by atoms with van der Waals surface area (Å²) in [7, 11) is 0. The van der Waals surface area contributed by atoms with E-state index in [4.69, 9.17) is 0 Å². The third-order valence-electron chi connectivity index (χ3n) is 5.34. The molecule has 1 heteroatoms. The Morgan fingerprint density at radius 2 is 2.06 bits per heavy atom. The highest BCUT2D eigenvalue weighted by Gasteiger charge is 2.40. The van der Waals surface area contributed by atoms with Gasteiger partial charge in [-0.3, -0.25) is 0 Å². The van der Waals surface area contributed by atoms with E-state index in [1.54, 1.807) is 0 Å². The second kappa shape index (κ2) is 4.60. The number of nitrogens with one attached hydrogen (secondary N) is 1. The first kappa shape index (κ1) is 12.1. The third-order valence-corrected chi connectivity index (χ3v) is 5.34. The molecule has 0 aromatic heterocycles. The van der Waals surface area contributed by atoms with Gasteiger partial charge in [0.1, 0.15) is 0 Å². The van der Waals surface area contributed by atoms with E-state index in [0.29, 0.717) is 0 Å². The van der Waals surface area contributed by atoms with E-state index in [9.17, 15) is 0 Å². The quantitative estimate of drug-likeness (QED) is 0.767. The molecule has 3 rings (SSSR count). The molecule has 0 aromatic rings. The first-order chi connectivity index (χ1) is 8.63. The van der Waals surface area contributed by atoms with Crippen LogP contribution < -0.4 is 5.32 Å². The Labute approximate surface area is 111 Å². The molecule has 3 aliphatic rings. The number of rotatable bonds is 3. The minimum absolute atomic E-state index is 0.747. The van der Waals surface area contributed by atoms with Gasteiger partial charge in [-0.05, 0) is 63.9 Å². The minimum Gasteiger partial charge on any atom is -0.363 e. The van der Waals surface area contributed by atoms with Crippen molar-refractivity contribution in [3.63, 3.8) is 0 Å². The third kappa shape index (κ3) is 2.15. The standard InChI is InChI=1S/C17H25N/c1-11-4-7-16(8-12(11)2)18-13(3)17-10-14-5-6-15(17)9-14/h8,14-15,17-18H,3-7,9-10H2,1-2H3. The van der Waals surface area contributed by atoms with Crippen molar-refractivity contribution in [1.29, 1.82) is 0 Å². The largest absolute Gasteiger partial charge is 0.363 e. The molecule has 0 aliphatic heterocycles. The van der Waals surface area contributed by atoms with Gasteiger partial charge in [-0.2, -0.15) is 0 Å². The van der Waals surface area contributed by atoms with Crippen LogP contribution in [-0.4, -0.2) is 0 Å². The van der Waals surface area contributed by atoms with Gasteiger partial charge >= 0.3 is 0 Å². The molecular weight excluding hydrogens is 218 g/mol. The van der Waals surface area contributed by atoms with E-state index < -0.39 is 0 Å². The van der Waals surface area contributed by atoms with Crippen LogP contribution in [0.25, 0.3) is 0 Å². The molecule has 18 heavy (non-hydrogen) atoms. The fourth-order valence-corrected chi connectivity index (χ4v) is 4.05. The van der Waals surface area contributed by atoms with Gasteiger partial charge in [-0.1, -0.05) is 24.1 Å². The predicted molar refractivity (Wildman–Crippen MR) is 76.9 cm³/mol. The summed E-state index contributed by atoms with van der Waals surface area (Å²) in [4.78, 5) is 0. The van der Waals surface area contributed by atoms with Gasteiger partial charge in [0, 0.05) is 17.3 Å². The van der Waals surface area contributed by atoms with Crippen molar-refractivity contribution in [1.82, 2.24) is 5.32 Å². The Hall–Kier alpha value is -0.980. The summed E-state index contributed by atoms with van der Waals surface area (Å²) in [5.41, 5.74) is 5.64. The fraction of sp³-hybridized carbons (Fsp3) is 0.647. The van der Waals surface area contributed by atoms with E-state index in [2.05, 4.69) is 31.8 Å². The van der Waals surface area contributed by atoms with E-state index in [1.165, 1.54) is 54.6 Å². The molecule has 1 N–H and O–H groups in total. The van der Waals surface area contributed by atoms with Crippen molar-refractivity contribution in [2.24, 2.45) is 17.8 Å². The predicted octanol–water partition coefficient (Wildman–Crippen LogP) is 4.54. The molecule has 3 unspecified atom stereocenters. The van der Waals surface area contributed by atoms with Gasteiger partial charge < -0.3 is 5.32 Å². The zero-order valence-corrected chi connectivity index (χ0v) is 11.8. The monoisotopic (exact) mass is 243 g/mol. The van der Waals surface area contributed by atoms with Crippen LogP contribution in [0.5, 0.6) is 0 Å². The van der Waals surface area contributed by atoms with Crippen molar-refractivity contribution in [3.05, 3.63) is 35.2 Å². The van der Waals surface area contributed by atoms with Gasteiger partial charge in [0.2, 0.25) is 0 Å². The van der Waals surface area contributed by atoms with Gasteiger partial charge in [-0.15, -0.1) is 0 Å². The lowest BCUT2D eigenvalue weighted by molar-refractivity contribution is 0.367. The van der Waals surface area contributed by atoms with Gasteiger partial charge in [-0.25, -0.2) is 0 Å². The highest BCUT2D eigenvalue weighted by Crippen LogP contribution is 2.50. The second-order valence-corrected chi connectivity index (χ2v) is 6.56. The van der Waals surface area contributed by atoms with Crippen molar-refractivity contribution >= 4 is 0 Å². The maximum atomic E-state index is 4.33. The Morgan fingerprint density at radius 1 is 1.22 bits per heavy atom. The SMILES string of the molecule is C=C(NC1=CC(C)=C(C)CC1)C1CC2CCC1C2. The topological polar surface area (TPSA) is 12.0 Å². The number of hydrogen-bond donors (Lipinski definition) is 1. The van der Waals surface area contributed by atoms with E-state index >= 15 is 0 Å². The fourth-order valence-electron chi connectivity index (χ4n) is 4.05. The van der Waals surface area contributed by atoms with Gasteiger partial charge in [0.05, 0.1) is 0 Å². The second-order valence-electron chi connectivity index (χ2n) is 6.56. The number of allylic oxidation sites excluding steroid dienone is 5. The molecule has 0 aromatic carbocycles. The molecule has 0 spiro atoms.